The number of hydrogen-bond donors (Lipinski definition) is 1. The third-order valence-electron chi connectivity index (χ3n) is 4.56. The van der Waals surface area contributed by atoms with Crippen LogP contribution in [0.15, 0.2) is 24.3 Å². The van der Waals surface area contributed by atoms with Gasteiger partial charge in [-0.1, -0.05) is 18.6 Å². The van der Waals surface area contributed by atoms with Crippen LogP contribution in [0, 0.1) is 21.4 Å². The molecule has 1 N–H and O–H groups in total. The second-order valence-corrected chi connectivity index (χ2v) is 7.71. The van der Waals surface area contributed by atoms with Crippen molar-refractivity contribution < 1.29 is 24.0 Å². The van der Waals surface area contributed by atoms with Crippen molar-refractivity contribution in [3.63, 3.8) is 0 Å². The van der Waals surface area contributed by atoms with E-state index in [4.69, 9.17) is 9.47 Å². The van der Waals surface area contributed by atoms with Crippen molar-refractivity contribution in [2.45, 2.75) is 32.1 Å². The fourth-order valence-corrected chi connectivity index (χ4v) is 4.42. The van der Waals surface area contributed by atoms with E-state index in [1.807, 2.05) is 0 Å². The number of hydrogen-bond acceptors (Lipinski definition) is 8. The normalized spacial score (nSPS) is 12.8. The van der Waals surface area contributed by atoms with E-state index in [2.05, 4.69) is 11.4 Å². The summed E-state index contributed by atoms with van der Waals surface area (Å²) in [5.74, 6) is -1.48. The highest BCUT2D eigenvalue weighted by Crippen LogP contribution is 2.36. The van der Waals surface area contributed by atoms with Crippen molar-refractivity contribution in [3.05, 3.63) is 50.4 Å². The molecular formula is C20H19N3O6S. The molecule has 1 aromatic carbocycles. The Balaban J connectivity index is 1.52. The molecule has 2 aromatic rings. The lowest BCUT2D eigenvalue weighted by Gasteiger charge is -2.08. The van der Waals surface area contributed by atoms with E-state index in [9.17, 15) is 25.0 Å². The fraction of sp³-hybridized carbons (Fsp3) is 0.350. The van der Waals surface area contributed by atoms with Crippen molar-refractivity contribution in [3.8, 4) is 11.8 Å². The summed E-state index contributed by atoms with van der Waals surface area (Å²) in [6.45, 7) is -1.12. The van der Waals surface area contributed by atoms with E-state index in [0.717, 1.165) is 42.5 Å². The maximum Gasteiger partial charge on any atom is 0.344 e. The molecule has 1 aliphatic carbocycles. The minimum absolute atomic E-state index is 0.0670. The Bertz CT molecular complexity index is 1010. The van der Waals surface area contributed by atoms with Gasteiger partial charge >= 0.3 is 11.7 Å². The van der Waals surface area contributed by atoms with Gasteiger partial charge in [0, 0.05) is 10.9 Å². The summed E-state index contributed by atoms with van der Waals surface area (Å²) < 4.78 is 9.99. The number of nitriles is 1. The lowest BCUT2D eigenvalue weighted by Crippen LogP contribution is -2.23. The number of nitrogens with zero attached hydrogens (tertiary/aromatic N) is 2. The van der Waals surface area contributed by atoms with Crippen LogP contribution < -0.4 is 10.1 Å². The lowest BCUT2D eigenvalue weighted by molar-refractivity contribution is -0.385. The Hall–Kier alpha value is -3.45. The highest BCUT2D eigenvalue weighted by Gasteiger charge is 2.21. The van der Waals surface area contributed by atoms with Gasteiger partial charge in [-0.2, -0.15) is 5.26 Å². The minimum Gasteiger partial charge on any atom is -0.475 e. The molecule has 0 atom stereocenters. The molecule has 0 saturated heterocycles. The molecule has 156 valence electrons. The van der Waals surface area contributed by atoms with Crippen molar-refractivity contribution in [2.75, 3.05) is 18.5 Å². The van der Waals surface area contributed by atoms with Crippen molar-refractivity contribution in [2.24, 2.45) is 0 Å². The number of rotatable bonds is 7. The molecule has 1 aromatic heterocycles. The van der Waals surface area contributed by atoms with Crippen LogP contribution >= 0.6 is 11.3 Å². The van der Waals surface area contributed by atoms with E-state index >= 15 is 0 Å². The van der Waals surface area contributed by atoms with Crippen LogP contribution in [0.5, 0.6) is 5.75 Å². The number of carbonyl (C=O) groups is 2. The molecule has 0 saturated carbocycles. The van der Waals surface area contributed by atoms with Crippen LogP contribution in [0.4, 0.5) is 10.7 Å². The summed E-state index contributed by atoms with van der Waals surface area (Å²) in [6.07, 6.45) is 4.91. The average Bonchev–Trinajstić information content (AvgIpc) is 2.89. The number of fused-ring (bicyclic) bond motifs is 1. The van der Waals surface area contributed by atoms with Gasteiger partial charge in [0.05, 0.1) is 10.5 Å². The van der Waals surface area contributed by atoms with Gasteiger partial charge in [-0.15, -0.1) is 11.3 Å². The standard InChI is InChI=1S/C20H19N3O6S/c21-10-14-13-6-2-1-3-9-17(13)30-20(14)22-18(24)11-29-19(25)12-28-16-8-5-4-7-15(16)23(26)27/h4-5,7-8H,1-3,6,9,11-12H2,(H,22,24). The number of nitrogens with one attached hydrogen (secondary N) is 1. The fourth-order valence-electron chi connectivity index (χ4n) is 3.17. The first-order valence-corrected chi connectivity index (χ1v) is 10.2. The third kappa shape index (κ3) is 5.12. The predicted molar refractivity (Wildman–Crippen MR) is 108 cm³/mol. The zero-order valence-electron chi connectivity index (χ0n) is 16.0. The number of benzene rings is 1. The van der Waals surface area contributed by atoms with Crippen LogP contribution in [0.2, 0.25) is 0 Å². The van der Waals surface area contributed by atoms with Crippen LogP contribution in [-0.2, 0) is 27.2 Å². The smallest absolute Gasteiger partial charge is 0.344 e. The number of aryl methyl sites for hydroxylation is 1. The molecule has 0 fully saturated rings. The molecule has 9 nitrogen and oxygen atoms in total. The molecule has 0 aliphatic heterocycles. The van der Waals surface area contributed by atoms with Gasteiger partial charge in [0.1, 0.15) is 11.1 Å². The molecule has 0 spiro atoms. The quantitative estimate of drug-likeness (QED) is 0.309. The zero-order valence-corrected chi connectivity index (χ0v) is 16.8. The number of thiophene rings is 1. The molecule has 10 heteroatoms. The highest BCUT2D eigenvalue weighted by atomic mass is 32.1. The number of ether oxygens (including phenoxy) is 2. The Morgan fingerprint density at radius 2 is 1.97 bits per heavy atom. The monoisotopic (exact) mass is 429 g/mol. The van der Waals surface area contributed by atoms with Crippen LogP contribution in [0.3, 0.4) is 0 Å². The van der Waals surface area contributed by atoms with Crippen molar-refractivity contribution in [1.82, 2.24) is 0 Å². The molecule has 0 radical (unpaired) electrons. The Morgan fingerprint density at radius 1 is 1.20 bits per heavy atom. The summed E-state index contributed by atoms with van der Waals surface area (Å²) in [4.78, 5) is 35.4. The van der Waals surface area contributed by atoms with Crippen LogP contribution in [-0.4, -0.2) is 30.0 Å². The summed E-state index contributed by atoms with van der Waals surface area (Å²) in [5, 5.41) is 23.5. The van der Waals surface area contributed by atoms with Gasteiger partial charge in [0.25, 0.3) is 5.91 Å². The van der Waals surface area contributed by atoms with Crippen molar-refractivity contribution in [1.29, 1.82) is 5.26 Å². The second kappa shape index (κ2) is 9.84. The number of para-hydroxylation sites is 2. The zero-order chi connectivity index (χ0) is 21.5. The topological polar surface area (TPSA) is 132 Å². The number of esters is 1. The molecule has 1 aliphatic rings. The van der Waals surface area contributed by atoms with E-state index in [1.54, 1.807) is 0 Å². The number of amides is 1. The lowest BCUT2D eigenvalue weighted by atomic mass is 10.1. The van der Waals surface area contributed by atoms with E-state index in [0.29, 0.717) is 10.6 Å². The first-order valence-electron chi connectivity index (χ1n) is 9.36. The highest BCUT2D eigenvalue weighted by molar-refractivity contribution is 7.16. The minimum atomic E-state index is -0.842. The van der Waals surface area contributed by atoms with Crippen LogP contribution in [0.25, 0.3) is 0 Å². The number of carbonyl (C=O) groups excluding carboxylic acids is 2. The average molecular weight is 429 g/mol. The van der Waals surface area contributed by atoms with Gasteiger partial charge < -0.3 is 14.8 Å². The van der Waals surface area contributed by atoms with E-state index in [-0.39, 0.29) is 11.4 Å². The molecule has 0 bridgehead atoms. The van der Waals surface area contributed by atoms with Gasteiger partial charge in [-0.25, -0.2) is 4.79 Å². The summed E-state index contributed by atoms with van der Waals surface area (Å²) in [5.41, 5.74) is 1.21. The van der Waals surface area contributed by atoms with Gasteiger partial charge in [0.2, 0.25) is 0 Å². The van der Waals surface area contributed by atoms with E-state index < -0.39 is 30.0 Å². The summed E-state index contributed by atoms with van der Waals surface area (Å²) >= 11 is 1.39. The maximum absolute atomic E-state index is 12.2. The SMILES string of the molecule is N#Cc1c(NC(=O)COC(=O)COc2ccccc2[N+](=O)[O-])sc2c1CCCCC2. The van der Waals surface area contributed by atoms with Crippen LogP contribution in [0.1, 0.15) is 35.3 Å². The predicted octanol–water partition coefficient (Wildman–Crippen LogP) is 3.36. The summed E-state index contributed by atoms with van der Waals surface area (Å²) in [6, 6.07) is 7.80. The Morgan fingerprint density at radius 3 is 2.73 bits per heavy atom. The first-order chi connectivity index (χ1) is 14.5. The van der Waals surface area contributed by atoms with Gasteiger partial charge in [-0.3, -0.25) is 14.9 Å². The Labute approximate surface area is 176 Å². The maximum atomic E-state index is 12.2. The molecule has 1 amide bonds. The second-order valence-electron chi connectivity index (χ2n) is 6.60. The van der Waals surface area contributed by atoms with E-state index in [1.165, 1.54) is 35.6 Å². The molecule has 1 heterocycles. The van der Waals surface area contributed by atoms with Gasteiger partial charge in [-0.05, 0) is 37.3 Å². The third-order valence-corrected chi connectivity index (χ3v) is 5.77. The molecule has 30 heavy (non-hydrogen) atoms. The number of nitro groups is 1. The van der Waals surface area contributed by atoms with Gasteiger partial charge in [0.15, 0.2) is 19.0 Å². The molecule has 0 unspecified atom stereocenters. The molecule has 3 rings (SSSR count). The molecular weight excluding hydrogens is 410 g/mol. The largest absolute Gasteiger partial charge is 0.475 e. The van der Waals surface area contributed by atoms with Crippen molar-refractivity contribution >= 4 is 33.9 Å². The Kier molecular flexibility index (Phi) is 6.98. The number of nitro benzene ring substituents is 1. The first kappa shape index (κ1) is 21.3. The number of anilines is 1. The summed E-state index contributed by atoms with van der Waals surface area (Å²) in [7, 11) is 0.